The smallest absolute Gasteiger partial charge is 0 e. The molecule has 0 aromatic rings. The van der Waals surface area contributed by atoms with Crippen molar-refractivity contribution in [1.29, 1.82) is 0 Å². The zero-order valence-corrected chi connectivity index (χ0v) is 7.65. The van der Waals surface area contributed by atoms with E-state index in [4.69, 9.17) is 0 Å². The van der Waals surface area contributed by atoms with Gasteiger partial charge in [-0.1, -0.05) is 0 Å². The molecule has 4 heteroatoms. The molecule has 4 heavy (non-hydrogen) atoms. The van der Waals surface area contributed by atoms with E-state index in [-0.39, 0.29) is 83.0 Å². The minimum Gasteiger partial charge on any atom is 0 e. The Morgan fingerprint density at radius 2 is 1.00 bits per heavy atom. The Bertz CT molecular complexity index is 8.00. The van der Waals surface area contributed by atoms with Crippen molar-refractivity contribution in [1.82, 2.24) is 0 Å². The van der Waals surface area contributed by atoms with Crippen LogP contribution in [0.4, 0.5) is 0 Å². The first-order chi connectivity index (χ1) is 0. The first kappa shape index (κ1) is 30.4. The third-order valence-corrected chi connectivity index (χ3v) is 0. The van der Waals surface area contributed by atoms with E-state index in [1.807, 2.05) is 0 Å². The molecule has 0 aliphatic carbocycles. The van der Waals surface area contributed by atoms with Crippen molar-refractivity contribution in [3.05, 3.63) is 0 Å². The molecule has 0 saturated heterocycles. The molecule has 0 unspecified atom stereocenters. The van der Waals surface area contributed by atoms with E-state index >= 15 is 0 Å². The first-order valence-corrected chi connectivity index (χ1v) is 0. The molecule has 0 nitrogen and oxygen atoms in total. The van der Waals surface area contributed by atoms with Crippen LogP contribution < -0.4 is 0 Å². The summed E-state index contributed by atoms with van der Waals surface area (Å²) < 4.78 is 0. The molecule has 3 radical (unpaired) electrons. The molecule has 0 bridgehead atoms. The van der Waals surface area contributed by atoms with Crippen molar-refractivity contribution in [2.24, 2.45) is 0 Å². The normalized spacial score (nSPS) is 0. The maximum atomic E-state index is 0. The van der Waals surface area contributed by atoms with Gasteiger partial charge in [0.1, 0.15) is 0 Å². The molecule has 0 N–H and O–H groups in total. The van der Waals surface area contributed by atoms with E-state index in [1.165, 1.54) is 0 Å². The van der Waals surface area contributed by atoms with Crippen LogP contribution in [0.3, 0.4) is 0 Å². The average molecular weight is 261 g/mol. The summed E-state index contributed by atoms with van der Waals surface area (Å²) in [6, 6.07) is 0. The summed E-state index contributed by atoms with van der Waals surface area (Å²) in [5.74, 6) is 0. The maximum Gasteiger partial charge on any atom is 0 e. The second-order valence-electron chi connectivity index (χ2n) is 0. The predicted octanol–water partition coefficient (Wildman–Crippen LogP) is -0.0100. The Hall–Kier alpha value is 2.62. The van der Waals surface area contributed by atoms with Crippen molar-refractivity contribution >= 4 is 0 Å². The van der Waals surface area contributed by atoms with Crippen molar-refractivity contribution < 1.29 is 83.0 Å². The van der Waals surface area contributed by atoms with Gasteiger partial charge in [-0.3, -0.25) is 0 Å². The Kier molecular flexibility index (Phi) is 133. The van der Waals surface area contributed by atoms with Gasteiger partial charge in [-0.15, -0.1) is 0 Å². The molecule has 0 atom stereocenters. The zero-order valence-electron chi connectivity index (χ0n) is 1.60. The summed E-state index contributed by atoms with van der Waals surface area (Å²) in [5, 5.41) is 0. The van der Waals surface area contributed by atoms with Crippen LogP contribution in [0.1, 0.15) is 0 Å². The fourth-order valence-electron chi connectivity index (χ4n) is 0. The molecule has 0 spiro atoms. The van der Waals surface area contributed by atoms with Gasteiger partial charge in [0.25, 0.3) is 0 Å². The summed E-state index contributed by atoms with van der Waals surface area (Å²) >= 11 is 0. The van der Waals surface area contributed by atoms with E-state index in [1.54, 1.807) is 0 Å². The van der Waals surface area contributed by atoms with Gasteiger partial charge in [0.15, 0.2) is 0 Å². The van der Waals surface area contributed by atoms with Gasteiger partial charge in [-0.2, -0.15) is 0 Å². The summed E-state index contributed by atoms with van der Waals surface area (Å²) in [6.45, 7) is 0. The number of hydrogen-bond acceptors (Lipinski definition) is 0. The van der Waals surface area contributed by atoms with Gasteiger partial charge in [-0.05, 0) is 0 Å². The standard InChI is InChI=1S/Co.Mn.Ni.Y. The zero-order chi connectivity index (χ0) is 0. The molecule has 0 amide bonds. The van der Waals surface area contributed by atoms with E-state index < -0.39 is 0 Å². The van der Waals surface area contributed by atoms with Crippen LogP contribution in [-0.2, 0) is 83.0 Å². The van der Waals surface area contributed by atoms with Crippen molar-refractivity contribution in [3.8, 4) is 0 Å². The van der Waals surface area contributed by atoms with E-state index in [9.17, 15) is 0 Å². The van der Waals surface area contributed by atoms with Gasteiger partial charge in [0, 0.05) is 83.0 Å². The van der Waals surface area contributed by atoms with E-state index in [0.29, 0.717) is 0 Å². The molecule has 0 aromatic carbocycles. The van der Waals surface area contributed by atoms with Crippen molar-refractivity contribution in [3.63, 3.8) is 0 Å². The summed E-state index contributed by atoms with van der Waals surface area (Å²) in [6.07, 6.45) is 0. The van der Waals surface area contributed by atoms with Crippen LogP contribution >= 0.6 is 0 Å². The van der Waals surface area contributed by atoms with E-state index in [2.05, 4.69) is 0 Å². The average Bonchev–Trinajstić information content (AvgIpc) is 0. The number of hydrogen-bond donors (Lipinski definition) is 0. The number of rotatable bonds is 0. The molecule has 0 saturated carbocycles. The van der Waals surface area contributed by atoms with Gasteiger partial charge >= 0.3 is 0 Å². The molecule has 0 rings (SSSR count). The quantitative estimate of drug-likeness (QED) is 0.538. The molecule has 0 fully saturated rings. The summed E-state index contributed by atoms with van der Waals surface area (Å²) in [7, 11) is 0. The van der Waals surface area contributed by atoms with Gasteiger partial charge in [0.05, 0.1) is 0 Å². The SMILES string of the molecule is [Co].[Mn].[Ni].[Y]. The monoisotopic (exact) mass is 261 g/mol. The fourth-order valence-corrected chi connectivity index (χ4v) is 0. The van der Waals surface area contributed by atoms with Crippen LogP contribution in [0, 0.1) is 0 Å². The fraction of sp³-hybridized carbons (Fsp3) is 0. The van der Waals surface area contributed by atoms with Crippen molar-refractivity contribution in [2.45, 2.75) is 0 Å². The minimum absolute atomic E-state index is 0. The molecular formula is CoMnNiY. The van der Waals surface area contributed by atoms with E-state index in [0.717, 1.165) is 0 Å². The Morgan fingerprint density at radius 1 is 1.00 bits per heavy atom. The summed E-state index contributed by atoms with van der Waals surface area (Å²) in [5.41, 5.74) is 0. The maximum absolute atomic E-state index is 0. The third-order valence-electron chi connectivity index (χ3n) is 0. The summed E-state index contributed by atoms with van der Waals surface area (Å²) in [4.78, 5) is 0. The van der Waals surface area contributed by atoms with Gasteiger partial charge < -0.3 is 0 Å². The van der Waals surface area contributed by atoms with Crippen LogP contribution in [0.25, 0.3) is 0 Å². The third kappa shape index (κ3) is 8.82. The minimum atomic E-state index is 0. The van der Waals surface area contributed by atoms with Crippen LogP contribution in [-0.4, -0.2) is 0 Å². The molecular weight excluding hydrogens is 261 g/mol. The van der Waals surface area contributed by atoms with Gasteiger partial charge in [-0.25, -0.2) is 0 Å². The Labute approximate surface area is 81.7 Å². The molecule has 0 heterocycles. The van der Waals surface area contributed by atoms with Crippen LogP contribution in [0.2, 0.25) is 0 Å². The van der Waals surface area contributed by atoms with Crippen LogP contribution in [0.15, 0.2) is 0 Å². The van der Waals surface area contributed by atoms with Crippen molar-refractivity contribution in [2.75, 3.05) is 0 Å². The Balaban J connectivity index is 0. The Morgan fingerprint density at radius 3 is 1.00 bits per heavy atom. The molecule has 0 aliphatic heterocycles. The van der Waals surface area contributed by atoms with Crippen LogP contribution in [0.5, 0.6) is 0 Å². The largest absolute Gasteiger partial charge is 0 e. The predicted molar refractivity (Wildman–Crippen MR) is 0 cm³/mol. The molecule has 29 valence electrons. The first-order valence-electron chi connectivity index (χ1n) is 0. The molecule has 0 aromatic heterocycles. The molecule has 0 aliphatic rings. The second-order valence-corrected chi connectivity index (χ2v) is 0. The van der Waals surface area contributed by atoms with Gasteiger partial charge in [0.2, 0.25) is 0 Å². The second kappa shape index (κ2) is 17.5. The topological polar surface area (TPSA) is 0 Å².